The first-order valence-corrected chi connectivity index (χ1v) is 10.9. The van der Waals surface area contributed by atoms with Crippen LogP contribution in [0.25, 0.3) is 0 Å². The molecule has 160 valence electrons. The highest BCUT2D eigenvalue weighted by molar-refractivity contribution is 14.0. The molecule has 0 atom stereocenters. The van der Waals surface area contributed by atoms with Gasteiger partial charge in [-0.2, -0.15) is 0 Å². The van der Waals surface area contributed by atoms with E-state index in [2.05, 4.69) is 34.7 Å². The second-order valence-electron chi connectivity index (χ2n) is 8.92. The minimum Gasteiger partial charge on any atom is -0.356 e. The van der Waals surface area contributed by atoms with Gasteiger partial charge in [0, 0.05) is 19.6 Å². The van der Waals surface area contributed by atoms with Gasteiger partial charge in [0.15, 0.2) is 11.8 Å². The number of halogens is 1. The molecule has 0 aromatic carbocycles. The average Bonchev–Trinajstić information content (AvgIpc) is 3.29. The maximum Gasteiger partial charge on any atom is 0.191 e. The van der Waals surface area contributed by atoms with E-state index >= 15 is 0 Å². The normalized spacial score (nSPS) is 23.7. The quantitative estimate of drug-likeness (QED) is 0.348. The third kappa shape index (κ3) is 6.59. The lowest BCUT2D eigenvalue weighted by molar-refractivity contribution is 0.224. The van der Waals surface area contributed by atoms with Gasteiger partial charge >= 0.3 is 0 Å². The number of aromatic nitrogens is 3. The zero-order valence-electron chi connectivity index (χ0n) is 18.1. The molecule has 0 aliphatic heterocycles. The Balaban J connectivity index is 0.00000280. The van der Waals surface area contributed by atoms with Crippen molar-refractivity contribution >= 4 is 29.9 Å². The summed E-state index contributed by atoms with van der Waals surface area (Å²) in [6.07, 6.45) is 10.6. The van der Waals surface area contributed by atoms with Crippen LogP contribution in [0.15, 0.2) is 4.99 Å². The Morgan fingerprint density at radius 3 is 2.36 bits per heavy atom. The summed E-state index contributed by atoms with van der Waals surface area (Å²) in [5, 5.41) is 15.7. The SMILES string of the molecule is Cc1nnc(CN=C(NCC2CCC(C(C)C)CC2)NC2CCCC2)n1C.I. The monoisotopic (exact) mass is 502 g/mol. The molecule has 2 N–H and O–H groups in total. The molecule has 3 rings (SSSR count). The van der Waals surface area contributed by atoms with Gasteiger partial charge in [-0.3, -0.25) is 0 Å². The first kappa shape index (κ1) is 23.4. The predicted molar refractivity (Wildman–Crippen MR) is 126 cm³/mol. The van der Waals surface area contributed by atoms with Crippen molar-refractivity contribution in [2.75, 3.05) is 6.54 Å². The van der Waals surface area contributed by atoms with Crippen LogP contribution in [0.4, 0.5) is 0 Å². The van der Waals surface area contributed by atoms with Crippen LogP contribution in [0.5, 0.6) is 0 Å². The molecule has 2 saturated carbocycles. The number of hydrogen-bond donors (Lipinski definition) is 2. The molecule has 0 radical (unpaired) electrons. The predicted octanol–water partition coefficient (Wildman–Crippen LogP) is 4.18. The maximum absolute atomic E-state index is 4.83. The summed E-state index contributed by atoms with van der Waals surface area (Å²) in [7, 11) is 2.00. The molecule has 0 unspecified atom stereocenters. The molecule has 2 aliphatic rings. The topological polar surface area (TPSA) is 67.1 Å². The average molecular weight is 502 g/mol. The molecule has 6 nitrogen and oxygen atoms in total. The summed E-state index contributed by atoms with van der Waals surface area (Å²) in [4.78, 5) is 4.83. The van der Waals surface area contributed by atoms with Gasteiger partial charge in [-0.05, 0) is 63.2 Å². The van der Waals surface area contributed by atoms with Crippen molar-refractivity contribution in [2.45, 2.75) is 84.7 Å². The zero-order valence-corrected chi connectivity index (χ0v) is 20.4. The summed E-state index contributed by atoms with van der Waals surface area (Å²) in [6.45, 7) is 8.31. The molecule has 7 heteroatoms. The fourth-order valence-corrected chi connectivity index (χ4v) is 4.45. The molecule has 1 heterocycles. The highest BCUT2D eigenvalue weighted by Crippen LogP contribution is 2.32. The largest absolute Gasteiger partial charge is 0.356 e. The van der Waals surface area contributed by atoms with Crippen molar-refractivity contribution in [2.24, 2.45) is 29.8 Å². The summed E-state index contributed by atoms with van der Waals surface area (Å²) in [5.74, 6) is 5.32. The second kappa shape index (κ2) is 11.4. The third-order valence-electron chi connectivity index (χ3n) is 6.65. The number of aryl methyl sites for hydroxylation is 1. The van der Waals surface area contributed by atoms with Crippen LogP contribution in [0, 0.1) is 24.7 Å². The molecule has 28 heavy (non-hydrogen) atoms. The van der Waals surface area contributed by atoms with E-state index in [1.54, 1.807) is 0 Å². The third-order valence-corrected chi connectivity index (χ3v) is 6.65. The zero-order chi connectivity index (χ0) is 19.2. The van der Waals surface area contributed by atoms with Crippen LogP contribution >= 0.6 is 24.0 Å². The van der Waals surface area contributed by atoms with E-state index in [9.17, 15) is 0 Å². The molecule has 0 spiro atoms. The van der Waals surface area contributed by atoms with Gasteiger partial charge in [-0.15, -0.1) is 34.2 Å². The molecule has 0 bridgehead atoms. The van der Waals surface area contributed by atoms with E-state index < -0.39 is 0 Å². The van der Waals surface area contributed by atoms with E-state index in [0.29, 0.717) is 12.6 Å². The van der Waals surface area contributed by atoms with Crippen molar-refractivity contribution in [3.05, 3.63) is 11.6 Å². The van der Waals surface area contributed by atoms with E-state index in [-0.39, 0.29) is 24.0 Å². The summed E-state index contributed by atoms with van der Waals surface area (Å²) >= 11 is 0. The van der Waals surface area contributed by atoms with Gasteiger partial charge in [0.25, 0.3) is 0 Å². The van der Waals surface area contributed by atoms with Crippen LogP contribution in [0.1, 0.15) is 76.9 Å². The lowest BCUT2D eigenvalue weighted by atomic mass is 9.77. The Kier molecular flexibility index (Phi) is 9.50. The Bertz CT molecular complexity index is 612. The summed E-state index contributed by atoms with van der Waals surface area (Å²) < 4.78 is 2.02. The minimum absolute atomic E-state index is 0. The highest BCUT2D eigenvalue weighted by Gasteiger charge is 2.24. The van der Waals surface area contributed by atoms with E-state index in [0.717, 1.165) is 41.9 Å². The van der Waals surface area contributed by atoms with Gasteiger partial charge < -0.3 is 15.2 Å². The van der Waals surface area contributed by atoms with Gasteiger partial charge in [-0.1, -0.05) is 26.7 Å². The van der Waals surface area contributed by atoms with Crippen LogP contribution in [-0.4, -0.2) is 33.3 Å². The van der Waals surface area contributed by atoms with Gasteiger partial charge in [0.1, 0.15) is 12.4 Å². The number of nitrogens with one attached hydrogen (secondary N) is 2. The smallest absolute Gasteiger partial charge is 0.191 e. The standard InChI is InChI=1S/C21H38N6.HI/c1-15(2)18-11-9-17(10-12-18)13-22-21(24-19-7-5-6-8-19)23-14-20-26-25-16(3)27(20)4;/h15,17-19H,5-14H2,1-4H3,(H2,22,23,24);1H. The highest BCUT2D eigenvalue weighted by atomic mass is 127. The van der Waals surface area contributed by atoms with Crippen molar-refractivity contribution in [3.63, 3.8) is 0 Å². The minimum atomic E-state index is 0. The molecular weight excluding hydrogens is 463 g/mol. The lowest BCUT2D eigenvalue weighted by Gasteiger charge is -2.31. The van der Waals surface area contributed by atoms with Gasteiger partial charge in [-0.25, -0.2) is 4.99 Å². The maximum atomic E-state index is 4.83. The van der Waals surface area contributed by atoms with Crippen LogP contribution in [-0.2, 0) is 13.6 Å². The van der Waals surface area contributed by atoms with Crippen molar-refractivity contribution in [1.82, 2.24) is 25.4 Å². The summed E-state index contributed by atoms with van der Waals surface area (Å²) in [6, 6.07) is 0.564. The van der Waals surface area contributed by atoms with Gasteiger partial charge in [0.2, 0.25) is 0 Å². The van der Waals surface area contributed by atoms with Crippen LogP contribution < -0.4 is 10.6 Å². The van der Waals surface area contributed by atoms with Gasteiger partial charge in [0.05, 0.1) is 0 Å². The summed E-state index contributed by atoms with van der Waals surface area (Å²) in [5.41, 5.74) is 0. The molecule has 1 aromatic rings. The van der Waals surface area contributed by atoms with Crippen molar-refractivity contribution < 1.29 is 0 Å². The lowest BCUT2D eigenvalue weighted by Crippen LogP contribution is -2.44. The number of nitrogens with zero attached hydrogens (tertiary/aromatic N) is 4. The molecule has 2 fully saturated rings. The number of guanidine groups is 1. The Morgan fingerprint density at radius 1 is 1.11 bits per heavy atom. The fourth-order valence-electron chi connectivity index (χ4n) is 4.45. The van der Waals surface area contributed by atoms with E-state index in [1.165, 1.54) is 51.4 Å². The van der Waals surface area contributed by atoms with Crippen molar-refractivity contribution in [3.8, 4) is 0 Å². The first-order valence-electron chi connectivity index (χ1n) is 10.9. The second-order valence-corrected chi connectivity index (χ2v) is 8.92. The first-order chi connectivity index (χ1) is 13.0. The molecule has 0 saturated heterocycles. The van der Waals surface area contributed by atoms with E-state index in [4.69, 9.17) is 4.99 Å². The molecule has 1 aromatic heterocycles. The van der Waals surface area contributed by atoms with Crippen LogP contribution in [0.3, 0.4) is 0 Å². The van der Waals surface area contributed by atoms with E-state index in [1.807, 2.05) is 18.5 Å². The molecular formula is C21H39IN6. The molecule has 0 amide bonds. The Morgan fingerprint density at radius 2 is 1.79 bits per heavy atom. The van der Waals surface area contributed by atoms with Crippen molar-refractivity contribution in [1.29, 1.82) is 0 Å². The van der Waals surface area contributed by atoms with Crippen LogP contribution in [0.2, 0.25) is 0 Å². The number of hydrogen-bond acceptors (Lipinski definition) is 3. The Hall–Kier alpha value is -0.860. The number of aliphatic imine (C=N–C) groups is 1. The number of rotatable bonds is 6. The Labute approximate surface area is 187 Å². The molecule has 2 aliphatic carbocycles. The fraction of sp³-hybridized carbons (Fsp3) is 0.857.